The monoisotopic (exact) mass is 412 g/mol. The van der Waals surface area contributed by atoms with Gasteiger partial charge in [0.25, 0.3) is 0 Å². The summed E-state index contributed by atoms with van der Waals surface area (Å²) in [5.74, 6) is -0.400. The molecule has 3 fully saturated rings. The second-order valence-corrected chi connectivity index (χ2v) is 8.24. The molecular formula is C22H28N4O4. The third kappa shape index (κ3) is 4.23. The smallest absolute Gasteiger partial charge is 0.325 e. The lowest BCUT2D eigenvalue weighted by Gasteiger charge is -2.45. The molecule has 3 aliphatic heterocycles. The van der Waals surface area contributed by atoms with E-state index in [1.165, 1.54) is 4.90 Å². The van der Waals surface area contributed by atoms with E-state index in [0.717, 1.165) is 19.4 Å². The number of amides is 4. The molecule has 4 rings (SSSR count). The number of Topliss-reactive ketones (excluding diaryl/α,β-unsaturated/α-hetero) is 1. The molecular weight excluding hydrogens is 384 g/mol. The number of hydrogen-bond acceptors (Lipinski definition) is 5. The van der Waals surface area contributed by atoms with Crippen LogP contribution < -0.4 is 10.6 Å². The second-order valence-electron chi connectivity index (χ2n) is 8.24. The SMILES string of the molecule is O=C(CCC(=O)N1CCC(N2C(=O)NC3NCCCC3C2=O)CC1)c1ccccc1. The molecule has 1 aromatic carbocycles. The van der Waals surface area contributed by atoms with E-state index in [-0.39, 0.29) is 54.6 Å². The van der Waals surface area contributed by atoms with Crippen LogP contribution in [0.25, 0.3) is 0 Å². The van der Waals surface area contributed by atoms with Crippen LogP contribution in [0.15, 0.2) is 30.3 Å². The molecule has 3 aliphatic rings. The zero-order chi connectivity index (χ0) is 21.1. The molecule has 0 radical (unpaired) electrons. The van der Waals surface area contributed by atoms with Crippen molar-refractivity contribution in [1.82, 2.24) is 20.4 Å². The molecule has 2 N–H and O–H groups in total. The maximum Gasteiger partial charge on any atom is 0.325 e. The number of carbonyl (C=O) groups is 4. The molecule has 1 aromatic rings. The minimum atomic E-state index is -0.339. The van der Waals surface area contributed by atoms with Gasteiger partial charge in [-0.3, -0.25) is 24.6 Å². The van der Waals surface area contributed by atoms with E-state index in [1.807, 2.05) is 18.2 Å². The first-order valence-electron chi connectivity index (χ1n) is 10.8. The average molecular weight is 412 g/mol. The summed E-state index contributed by atoms with van der Waals surface area (Å²) in [5, 5.41) is 6.12. The standard InChI is InChI=1S/C22H28N4O4/c27-18(15-5-2-1-3-6-15)8-9-19(28)25-13-10-16(11-14-25)26-21(29)17-7-4-12-23-20(17)24-22(26)30/h1-3,5-6,16-17,20,23H,4,7-14H2,(H,24,30). The van der Waals surface area contributed by atoms with Crippen molar-refractivity contribution in [2.45, 2.75) is 50.7 Å². The number of benzene rings is 1. The molecule has 4 amide bonds. The van der Waals surface area contributed by atoms with Crippen LogP contribution in [0.4, 0.5) is 4.79 Å². The first kappa shape index (κ1) is 20.5. The Labute approximate surface area is 176 Å². The maximum atomic E-state index is 12.9. The highest BCUT2D eigenvalue weighted by atomic mass is 16.2. The van der Waals surface area contributed by atoms with Gasteiger partial charge in [0.1, 0.15) is 0 Å². The molecule has 0 spiro atoms. The number of imide groups is 1. The minimum Gasteiger partial charge on any atom is -0.343 e. The summed E-state index contributed by atoms with van der Waals surface area (Å²) in [6.07, 6.45) is 2.94. The first-order valence-corrected chi connectivity index (χ1v) is 10.8. The number of likely N-dealkylation sites (tertiary alicyclic amines) is 1. The van der Waals surface area contributed by atoms with Gasteiger partial charge in [-0.25, -0.2) is 4.79 Å². The number of ketones is 1. The van der Waals surface area contributed by atoms with Crippen LogP contribution in [0.3, 0.4) is 0 Å². The van der Waals surface area contributed by atoms with Crippen molar-refractivity contribution in [1.29, 1.82) is 0 Å². The van der Waals surface area contributed by atoms with Gasteiger partial charge in [-0.2, -0.15) is 0 Å². The molecule has 3 saturated heterocycles. The second kappa shape index (κ2) is 8.95. The van der Waals surface area contributed by atoms with Crippen molar-refractivity contribution in [3.8, 4) is 0 Å². The summed E-state index contributed by atoms with van der Waals surface area (Å²) >= 11 is 0. The number of piperidine rings is 2. The van der Waals surface area contributed by atoms with Crippen LogP contribution in [0.5, 0.6) is 0 Å². The highest BCUT2D eigenvalue weighted by Crippen LogP contribution is 2.27. The lowest BCUT2D eigenvalue weighted by Crippen LogP contribution is -2.68. The predicted octanol–water partition coefficient (Wildman–Crippen LogP) is 1.52. The predicted molar refractivity (Wildman–Crippen MR) is 110 cm³/mol. The van der Waals surface area contributed by atoms with E-state index >= 15 is 0 Å². The molecule has 0 bridgehead atoms. The molecule has 2 unspecified atom stereocenters. The Morgan fingerprint density at radius 1 is 1.00 bits per heavy atom. The Bertz CT molecular complexity index is 820. The van der Waals surface area contributed by atoms with Gasteiger partial charge in [0.05, 0.1) is 12.1 Å². The van der Waals surface area contributed by atoms with E-state index < -0.39 is 0 Å². The number of hydrogen-bond donors (Lipinski definition) is 2. The maximum absolute atomic E-state index is 12.9. The fourth-order valence-electron chi connectivity index (χ4n) is 4.65. The number of nitrogens with one attached hydrogen (secondary N) is 2. The van der Waals surface area contributed by atoms with Crippen molar-refractivity contribution in [3.63, 3.8) is 0 Å². The lowest BCUT2D eigenvalue weighted by molar-refractivity contribution is -0.140. The molecule has 0 aliphatic carbocycles. The minimum absolute atomic E-state index is 0.0370. The van der Waals surface area contributed by atoms with Crippen molar-refractivity contribution in [3.05, 3.63) is 35.9 Å². The van der Waals surface area contributed by atoms with Gasteiger partial charge in [0.2, 0.25) is 11.8 Å². The van der Waals surface area contributed by atoms with Crippen molar-refractivity contribution in [2.24, 2.45) is 5.92 Å². The number of urea groups is 1. The van der Waals surface area contributed by atoms with Crippen molar-refractivity contribution < 1.29 is 19.2 Å². The van der Waals surface area contributed by atoms with Crippen LogP contribution in [0, 0.1) is 5.92 Å². The highest BCUT2D eigenvalue weighted by molar-refractivity contribution is 5.99. The van der Waals surface area contributed by atoms with Gasteiger partial charge in [-0.1, -0.05) is 30.3 Å². The zero-order valence-electron chi connectivity index (χ0n) is 17.0. The Morgan fingerprint density at radius 2 is 1.73 bits per heavy atom. The van der Waals surface area contributed by atoms with E-state index in [1.54, 1.807) is 17.0 Å². The molecule has 0 saturated carbocycles. The summed E-state index contributed by atoms with van der Waals surface area (Å²) in [6.45, 7) is 1.79. The summed E-state index contributed by atoms with van der Waals surface area (Å²) in [4.78, 5) is 53.3. The molecule has 8 nitrogen and oxygen atoms in total. The molecule has 2 atom stereocenters. The van der Waals surface area contributed by atoms with Crippen LogP contribution in [-0.2, 0) is 9.59 Å². The normalized spacial score (nSPS) is 24.9. The van der Waals surface area contributed by atoms with E-state index in [0.29, 0.717) is 31.5 Å². The van der Waals surface area contributed by atoms with Gasteiger partial charge in [-0.05, 0) is 32.2 Å². The molecule has 3 heterocycles. The Hall–Kier alpha value is -2.74. The van der Waals surface area contributed by atoms with Gasteiger partial charge in [0, 0.05) is 37.5 Å². The fourth-order valence-corrected chi connectivity index (χ4v) is 4.65. The van der Waals surface area contributed by atoms with E-state index in [9.17, 15) is 19.2 Å². The highest BCUT2D eigenvalue weighted by Gasteiger charge is 2.45. The van der Waals surface area contributed by atoms with Gasteiger partial charge < -0.3 is 10.2 Å². The molecule has 160 valence electrons. The quantitative estimate of drug-likeness (QED) is 0.715. The van der Waals surface area contributed by atoms with Crippen LogP contribution in [0.1, 0.15) is 48.9 Å². The number of fused-ring (bicyclic) bond motifs is 1. The largest absolute Gasteiger partial charge is 0.343 e. The van der Waals surface area contributed by atoms with Crippen LogP contribution >= 0.6 is 0 Å². The lowest BCUT2D eigenvalue weighted by atomic mass is 9.90. The van der Waals surface area contributed by atoms with Crippen molar-refractivity contribution in [2.75, 3.05) is 19.6 Å². The Balaban J connectivity index is 1.28. The van der Waals surface area contributed by atoms with E-state index in [2.05, 4.69) is 10.6 Å². The zero-order valence-corrected chi connectivity index (χ0v) is 17.0. The van der Waals surface area contributed by atoms with Crippen molar-refractivity contribution >= 4 is 23.6 Å². The van der Waals surface area contributed by atoms with Crippen LogP contribution in [0.2, 0.25) is 0 Å². The summed E-state index contributed by atoms with van der Waals surface area (Å²) in [6, 6.07) is 8.46. The van der Waals surface area contributed by atoms with E-state index in [4.69, 9.17) is 0 Å². The molecule has 8 heteroatoms. The van der Waals surface area contributed by atoms with Crippen LogP contribution in [-0.4, -0.2) is 65.3 Å². The summed E-state index contributed by atoms with van der Waals surface area (Å²) < 4.78 is 0. The number of carbonyl (C=O) groups excluding carboxylic acids is 4. The third-order valence-corrected chi connectivity index (χ3v) is 6.35. The van der Waals surface area contributed by atoms with Gasteiger partial charge in [-0.15, -0.1) is 0 Å². The third-order valence-electron chi connectivity index (χ3n) is 6.35. The Kier molecular flexibility index (Phi) is 6.13. The molecule has 0 aromatic heterocycles. The van der Waals surface area contributed by atoms with Gasteiger partial charge >= 0.3 is 6.03 Å². The Morgan fingerprint density at radius 3 is 2.47 bits per heavy atom. The number of nitrogens with zero attached hydrogens (tertiary/aromatic N) is 2. The first-order chi connectivity index (χ1) is 14.5. The summed E-state index contributed by atoms with van der Waals surface area (Å²) in [7, 11) is 0. The average Bonchev–Trinajstić information content (AvgIpc) is 2.78. The molecule has 30 heavy (non-hydrogen) atoms. The summed E-state index contributed by atoms with van der Waals surface area (Å²) in [5.41, 5.74) is 0.620. The fraction of sp³-hybridized carbons (Fsp3) is 0.545. The number of rotatable bonds is 5. The van der Waals surface area contributed by atoms with Gasteiger partial charge in [0.15, 0.2) is 5.78 Å². The topological polar surface area (TPSA) is 98.8 Å².